The number of thiazole rings is 1. The van der Waals surface area contributed by atoms with E-state index < -0.39 is 0 Å². The summed E-state index contributed by atoms with van der Waals surface area (Å²) in [6.45, 7) is 4.76. The molecule has 29 heavy (non-hydrogen) atoms. The Balaban J connectivity index is 1.38. The van der Waals surface area contributed by atoms with E-state index in [0.717, 1.165) is 62.0 Å². The number of amides is 3. The molecule has 0 saturated heterocycles. The van der Waals surface area contributed by atoms with Crippen molar-refractivity contribution in [2.45, 2.75) is 77.2 Å². The van der Waals surface area contributed by atoms with E-state index in [1.54, 1.807) is 4.90 Å². The predicted octanol–water partition coefficient (Wildman–Crippen LogP) is 4.56. The number of carbonyl (C=O) groups excluding carboxylic acids is 2. The van der Waals surface area contributed by atoms with E-state index in [4.69, 9.17) is 0 Å². The number of hydrogen-bond acceptors (Lipinski definition) is 4. The number of anilines is 1. The molecule has 160 valence electrons. The zero-order valence-corrected chi connectivity index (χ0v) is 18.5. The Morgan fingerprint density at radius 1 is 1.17 bits per heavy atom. The topological polar surface area (TPSA) is 74.3 Å². The minimum absolute atomic E-state index is 0.0300. The maximum atomic E-state index is 13.2. The number of unbranched alkanes of at least 4 members (excludes halogenated alkanes) is 2. The van der Waals surface area contributed by atoms with E-state index in [-0.39, 0.29) is 24.0 Å². The van der Waals surface area contributed by atoms with Crippen molar-refractivity contribution in [2.75, 3.05) is 18.4 Å². The van der Waals surface area contributed by atoms with Crippen LogP contribution in [0.3, 0.4) is 0 Å². The molecular formula is C22H34N4O2S. The lowest BCUT2D eigenvalue weighted by Gasteiger charge is -2.57. The molecule has 6 nitrogen and oxygen atoms in total. The first-order chi connectivity index (χ1) is 13.9. The van der Waals surface area contributed by atoms with E-state index >= 15 is 0 Å². The Bertz CT molecular complexity index is 712. The summed E-state index contributed by atoms with van der Waals surface area (Å²) in [4.78, 5) is 31.8. The van der Waals surface area contributed by atoms with Crippen LogP contribution in [0, 0.1) is 24.7 Å². The van der Waals surface area contributed by atoms with E-state index in [1.807, 2.05) is 12.3 Å². The van der Waals surface area contributed by atoms with Gasteiger partial charge >= 0.3 is 6.03 Å². The maximum absolute atomic E-state index is 13.2. The van der Waals surface area contributed by atoms with Crippen molar-refractivity contribution in [3.05, 3.63) is 11.1 Å². The summed E-state index contributed by atoms with van der Waals surface area (Å²) in [6, 6.07) is -0.0616. The summed E-state index contributed by atoms with van der Waals surface area (Å²) in [6.07, 6.45) is 10.5. The van der Waals surface area contributed by atoms with Crippen molar-refractivity contribution >= 4 is 28.4 Å². The van der Waals surface area contributed by atoms with Crippen molar-refractivity contribution in [3.8, 4) is 0 Å². The highest BCUT2D eigenvalue weighted by molar-refractivity contribution is 7.13. The highest BCUT2D eigenvalue weighted by atomic mass is 32.1. The number of nitrogens with zero attached hydrogens (tertiary/aromatic N) is 2. The molecule has 0 unspecified atom stereocenters. The van der Waals surface area contributed by atoms with Gasteiger partial charge in [-0.2, -0.15) is 0 Å². The molecule has 2 N–H and O–H groups in total. The van der Waals surface area contributed by atoms with Crippen molar-refractivity contribution in [1.29, 1.82) is 0 Å². The first-order valence-corrected chi connectivity index (χ1v) is 12.1. The van der Waals surface area contributed by atoms with Crippen LogP contribution >= 0.6 is 11.3 Å². The number of nitrogens with one attached hydrogen (secondary N) is 2. The maximum Gasteiger partial charge on any atom is 0.318 e. The molecule has 1 heterocycles. The summed E-state index contributed by atoms with van der Waals surface area (Å²) >= 11 is 1.42. The molecule has 7 heteroatoms. The van der Waals surface area contributed by atoms with Gasteiger partial charge < -0.3 is 15.5 Å². The number of carbonyl (C=O) groups is 2. The third-order valence-corrected chi connectivity index (χ3v) is 7.80. The van der Waals surface area contributed by atoms with Gasteiger partial charge in [-0.1, -0.05) is 19.8 Å². The molecule has 1 aromatic heterocycles. The molecule has 4 aliphatic rings. The Labute approximate surface area is 177 Å². The van der Waals surface area contributed by atoms with Crippen molar-refractivity contribution in [2.24, 2.45) is 17.8 Å². The van der Waals surface area contributed by atoms with Gasteiger partial charge in [0, 0.05) is 17.5 Å². The van der Waals surface area contributed by atoms with E-state index in [9.17, 15) is 9.59 Å². The lowest BCUT2D eigenvalue weighted by Crippen LogP contribution is -2.62. The minimum atomic E-state index is -0.170. The lowest BCUT2D eigenvalue weighted by molar-refractivity contribution is -0.116. The molecule has 4 fully saturated rings. The molecule has 0 aromatic carbocycles. The van der Waals surface area contributed by atoms with Crippen LogP contribution in [0.2, 0.25) is 0 Å². The molecule has 0 aliphatic heterocycles. The standard InChI is InChI=1S/C22H34N4O2S/c1-3-4-5-6-26(13-19(27)24-20-23-15(2)14-29-20)21(28)25-22-10-16-7-17(11-22)9-18(8-16)12-22/h14,16-18H,3-13H2,1-2H3,(H,25,28)(H,23,24,27). The fourth-order valence-corrected chi connectivity index (χ4v) is 6.82. The van der Waals surface area contributed by atoms with E-state index in [1.165, 1.54) is 30.6 Å². The molecule has 4 saturated carbocycles. The van der Waals surface area contributed by atoms with E-state index in [2.05, 4.69) is 22.5 Å². The fourth-order valence-electron chi connectivity index (χ4n) is 6.12. The summed E-state index contributed by atoms with van der Waals surface area (Å²) < 4.78 is 0. The quantitative estimate of drug-likeness (QED) is 0.608. The van der Waals surface area contributed by atoms with Gasteiger partial charge in [0.25, 0.3) is 0 Å². The van der Waals surface area contributed by atoms with Crippen LogP contribution < -0.4 is 10.6 Å². The SMILES string of the molecule is CCCCCN(CC(=O)Nc1nc(C)cs1)C(=O)NC12CC3CC(CC(C3)C1)C2. The monoisotopic (exact) mass is 418 g/mol. The molecule has 4 aliphatic carbocycles. The predicted molar refractivity (Wildman–Crippen MR) is 116 cm³/mol. The molecule has 0 atom stereocenters. The summed E-state index contributed by atoms with van der Waals surface area (Å²) in [5.74, 6) is 2.18. The second-order valence-electron chi connectivity index (χ2n) is 9.60. The molecule has 0 spiro atoms. The Kier molecular flexibility index (Phi) is 6.13. The summed E-state index contributed by atoms with van der Waals surface area (Å²) in [7, 11) is 0. The lowest BCUT2D eigenvalue weighted by atomic mass is 9.53. The first-order valence-electron chi connectivity index (χ1n) is 11.2. The minimum Gasteiger partial charge on any atom is -0.333 e. The van der Waals surface area contributed by atoms with Gasteiger partial charge in [-0.25, -0.2) is 9.78 Å². The van der Waals surface area contributed by atoms with Crippen molar-refractivity contribution < 1.29 is 9.59 Å². The third-order valence-electron chi connectivity index (χ3n) is 6.93. The van der Waals surface area contributed by atoms with Gasteiger partial charge in [0.05, 0.1) is 5.69 Å². The zero-order valence-electron chi connectivity index (χ0n) is 17.7. The smallest absolute Gasteiger partial charge is 0.318 e. The van der Waals surface area contributed by atoms with Crippen LogP contribution in [0.25, 0.3) is 0 Å². The van der Waals surface area contributed by atoms with Gasteiger partial charge in [-0.05, 0) is 69.6 Å². The van der Waals surface area contributed by atoms with Crippen molar-refractivity contribution in [1.82, 2.24) is 15.2 Å². The zero-order chi connectivity index (χ0) is 20.4. The summed E-state index contributed by atoms with van der Waals surface area (Å²) in [5, 5.41) is 8.77. The van der Waals surface area contributed by atoms with Gasteiger partial charge in [-0.15, -0.1) is 11.3 Å². The van der Waals surface area contributed by atoms with Crippen LogP contribution in [-0.2, 0) is 4.79 Å². The number of rotatable bonds is 8. The Hall–Kier alpha value is -1.63. The molecular weight excluding hydrogens is 384 g/mol. The number of urea groups is 1. The fraction of sp³-hybridized carbons (Fsp3) is 0.773. The number of hydrogen-bond donors (Lipinski definition) is 2. The highest BCUT2D eigenvalue weighted by Gasteiger charge is 2.51. The van der Waals surface area contributed by atoms with Crippen molar-refractivity contribution in [3.63, 3.8) is 0 Å². The average molecular weight is 419 g/mol. The third kappa shape index (κ3) is 4.93. The van der Waals surface area contributed by atoms with Gasteiger partial charge in [0.15, 0.2) is 5.13 Å². The number of aryl methyl sites for hydroxylation is 1. The van der Waals surface area contributed by atoms with Crippen LogP contribution in [0.4, 0.5) is 9.93 Å². The van der Waals surface area contributed by atoms with Crippen LogP contribution in [0.5, 0.6) is 0 Å². The van der Waals surface area contributed by atoms with Gasteiger partial charge in [0.2, 0.25) is 5.91 Å². The molecule has 5 rings (SSSR count). The molecule has 3 amide bonds. The second-order valence-corrected chi connectivity index (χ2v) is 10.5. The second kappa shape index (κ2) is 8.62. The van der Waals surface area contributed by atoms with Crippen LogP contribution in [0.15, 0.2) is 5.38 Å². The van der Waals surface area contributed by atoms with E-state index in [0.29, 0.717) is 11.7 Å². The number of aromatic nitrogens is 1. The van der Waals surface area contributed by atoms with Gasteiger partial charge in [0.1, 0.15) is 6.54 Å². The normalized spacial score (nSPS) is 29.7. The summed E-state index contributed by atoms with van der Waals surface area (Å²) in [5.41, 5.74) is 0.863. The Morgan fingerprint density at radius 2 is 1.83 bits per heavy atom. The molecule has 1 aromatic rings. The highest BCUT2D eigenvalue weighted by Crippen LogP contribution is 2.55. The Morgan fingerprint density at radius 3 is 2.38 bits per heavy atom. The van der Waals surface area contributed by atoms with Gasteiger partial charge in [-0.3, -0.25) is 4.79 Å². The van der Waals surface area contributed by atoms with Crippen LogP contribution in [-0.4, -0.2) is 40.5 Å². The average Bonchev–Trinajstić information content (AvgIpc) is 3.04. The molecule has 0 radical (unpaired) electrons. The first kappa shape index (κ1) is 20.6. The largest absolute Gasteiger partial charge is 0.333 e. The van der Waals surface area contributed by atoms with Crippen LogP contribution in [0.1, 0.15) is 70.4 Å². The molecule has 4 bridgehead atoms.